The number of aromatic amines is 1. The number of benzene rings is 1. The lowest BCUT2D eigenvalue weighted by Crippen LogP contribution is -2.40. The van der Waals surface area contributed by atoms with E-state index in [1.165, 1.54) is 5.56 Å². The molecule has 132 valence electrons. The second-order valence-corrected chi connectivity index (χ2v) is 7.29. The van der Waals surface area contributed by atoms with Crippen LogP contribution in [-0.2, 0) is 4.79 Å². The fraction of sp³-hybridized carbons (Fsp3) is 0.500. The maximum atomic E-state index is 13.0. The van der Waals surface area contributed by atoms with Crippen LogP contribution in [0.3, 0.4) is 0 Å². The number of para-hydroxylation sites is 1. The van der Waals surface area contributed by atoms with Gasteiger partial charge in [0.05, 0.1) is 12.8 Å². The minimum absolute atomic E-state index is 0.107. The van der Waals surface area contributed by atoms with Crippen LogP contribution in [0, 0.1) is 12.8 Å². The van der Waals surface area contributed by atoms with E-state index in [1.807, 2.05) is 25.1 Å². The molecule has 1 aromatic heterocycles. The molecule has 1 aliphatic carbocycles. The van der Waals surface area contributed by atoms with Crippen LogP contribution in [0.4, 0.5) is 0 Å². The molecule has 3 atom stereocenters. The summed E-state index contributed by atoms with van der Waals surface area (Å²) >= 11 is 0. The summed E-state index contributed by atoms with van der Waals surface area (Å²) in [6, 6.07) is 10.2. The molecule has 1 saturated heterocycles. The molecule has 5 heteroatoms. The number of methoxy groups -OCH3 is 1. The normalized spacial score (nSPS) is 25.7. The standard InChI is InChI=1S/C20H25N3O2/c1-13-10-18(22-21-13)14-6-5-9-23(12-14)20(24)17-11-16(17)15-7-3-4-8-19(15)25-2/h3-4,7-8,10,14,16-17H,5-6,9,11-12H2,1-2H3,(H,21,22)/t14-,16-,17+/m0/s1. The predicted molar refractivity (Wildman–Crippen MR) is 95.7 cm³/mol. The quantitative estimate of drug-likeness (QED) is 0.930. The van der Waals surface area contributed by atoms with E-state index >= 15 is 0 Å². The summed E-state index contributed by atoms with van der Waals surface area (Å²) in [6.07, 6.45) is 3.09. The summed E-state index contributed by atoms with van der Waals surface area (Å²) in [4.78, 5) is 15.0. The van der Waals surface area contributed by atoms with Gasteiger partial charge in [0.15, 0.2) is 0 Å². The van der Waals surface area contributed by atoms with E-state index in [0.717, 1.165) is 49.5 Å². The first-order valence-electron chi connectivity index (χ1n) is 9.11. The molecule has 1 saturated carbocycles. The Bertz CT molecular complexity index is 770. The summed E-state index contributed by atoms with van der Waals surface area (Å²) in [6.45, 7) is 3.68. The van der Waals surface area contributed by atoms with Crippen molar-refractivity contribution in [1.29, 1.82) is 0 Å². The van der Waals surface area contributed by atoms with Gasteiger partial charge in [-0.3, -0.25) is 9.89 Å². The molecule has 0 bridgehead atoms. The molecule has 1 amide bonds. The number of nitrogens with one attached hydrogen (secondary N) is 1. The molecule has 1 aromatic carbocycles. The van der Waals surface area contributed by atoms with E-state index in [0.29, 0.717) is 17.7 Å². The number of carbonyl (C=O) groups is 1. The molecule has 5 nitrogen and oxygen atoms in total. The van der Waals surface area contributed by atoms with Crippen LogP contribution in [0.15, 0.2) is 30.3 Å². The Labute approximate surface area is 148 Å². The van der Waals surface area contributed by atoms with Gasteiger partial charge in [0.25, 0.3) is 0 Å². The Balaban J connectivity index is 1.43. The fourth-order valence-corrected chi connectivity index (χ4v) is 4.09. The van der Waals surface area contributed by atoms with Crippen LogP contribution in [0.2, 0.25) is 0 Å². The van der Waals surface area contributed by atoms with Crippen molar-refractivity contribution < 1.29 is 9.53 Å². The zero-order valence-electron chi connectivity index (χ0n) is 14.9. The van der Waals surface area contributed by atoms with E-state index in [4.69, 9.17) is 4.74 Å². The molecule has 0 spiro atoms. The van der Waals surface area contributed by atoms with Crippen LogP contribution in [0.1, 0.15) is 48.0 Å². The van der Waals surface area contributed by atoms with Gasteiger partial charge in [-0.15, -0.1) is 0 Å². The predicted octanol–water partition coefficient (Wildman–Crippen LogP) is 3.24. The van der Waals surface area contributed by atoms with Crippen LogP contribution < -0.4 is 4.74 Å². The van der Waals surface area contributed by atoms with Gasteiger partial charge in [0.2, 0.25) is 5.91 Å². The molecule has 0 unspecified atom stereocenters. The second kappa shape index (κ2) is 6.54. The van der Waals surface area contributed by atoms with Crippen LogP contribution >= 0.6 is 0 Å². The Morgan fingerprint density at radius 3 is 2.96 bits per heavy atom. The van der Waals surface area contributed by atoms with Crippen molar-refractivity contribution in [2.45, 2.75) is 38.0 Å². The fourth-order valence-electron chi connectivity index (χ4n) is 4.09. The van der Waals surface area contributed by atoms with Gasteiger partial charge in [-0.2, -0.15) is 5.10 Å². The number of rotatable bonds is 4. The molecule has 1 N–H and O–H groups in total. The molecule has 1 aliphatic heterocycles. The van der Waals surface area contributed by atoms with Crippen LogP contribution in [0.25, 0.3) is 0 Å². The topological polar surface area (TPSA) is 58.2 Å². The van der Waals surface area contributed by atoms with E-state index in [2.05, 4.69) is 27.2 Å². The van der Waals surface area contributed by atoms with Crippen molar-refractivity contribution in [3.63, 3.8) is 0 Å². The minimum Gasteiger partial charge on any atom is -0.496 e. The number of hydrogen-bond donors (Lipinski definition) is 1. The number of aryl methyl sites for hydroxylation is 1. The molecule has 25 heavy (non-hydrogen) atoms. The largest absolute Gasteiger partial charge is 0.496 e. The number of aromatic nitrogens is 2. The molecule has 0 radical (unpaired) electrons. The van der Waals surface area contributed by atoms with Gasteiger partial charge in [-0.1, -0.05) is 18.2 Å². The average Bonchev–Trinajstić information content (AvgIpc) is 3.34. The van der Waals surface area contributed by atoms with E-state index < -0.39 is 0 Å². The number of ether oxygens (including phenoxy) is 1. The first kappa shape index (κ1) is 16.2. The van der Waals surface area contributed by atoms with Crippen molar-refractivity contribution in [1.82, 2.24) is 15.1 Å². The van der Waals surface area contributed by atoms with Gasteiger partial charge >= 0.3 is 0 Å². The number of piperidine rings is 1. The van der Waals surface area contributed by atoms with Crippen molar-refractivity contribution >= 4 is 5.91 Å². The molecule has 2 aromatic rings. The first-order valence-corrected chi connectivity index (χ1v) is 9.11. The zero-order chi connectivity index (χ0) is 17.4. The molecule has 2 heterocycles. The van der Waals surface area contributed by atoms with Crippen molar-refractivity contribution in [3.8, 4) is 5.75 Å². The molecular formula is C20H25N3O2. The monoisotopic (exact) mass is 339 g/mol. The van der Waals surface area contributed by atoms with E-state index in [-0.39, 0.29) is 5.92 Å². The second-order valence-electron chi connectivity index (χ2n) is 7.29. The van der Waals surface area contributed by atoms with E-state index in [1.54, 1.807) is 7.11 Å². The smallest absolute Gasteiger partial charge is 0.226 e. The maximum absolute atomic E-state index is 13.0. The third-order valence-electron chi connectivity index (χ3n) is 5.52. The minimum atomic E-state index is 0.107. The lowest BCUT2D eigenvalue weighted by molar-refractivity contribution is -0.133. The molecule has 2 fully saturated rings. The van der Waals surface area contributed by atoms with Gasteiger partial charge in [0.1, 0.15) is 5.75 Å². The third kappa shape index (κ3) is 3.15. The molecule has 2 aliphatic rings. The lowest BCUT2D eigenvalue weighted by Gasteiger charge is -2.32. The zero-order valence-corrected chi connectivity index (χ0v) is 14.9. The lowest BCUT2D eigenvalue weighted by atomic mass is 9.94. The SMILES string of the molecule is COc1ccccc1[C@@H]1C[C@H]1C(=O)N1CCC[C@H](c2cc(C)[nH]n2)C1. The highest BCUT2D eigenvalue weighted by Crippen LogP contribution is 2.51. The maximum Gasteiger partial charge on any atom is 0.226 e. The third-order valence-corrected chi connectivity index (χ3v) is 5.52. The summed E-state index contributed by atoms with van der Waals surface area (Å²) in [5.74, 6) is 1.96. The van der Waals surface area contributed by atoms with Gasteiger partial charge in [-0.05, 0) is 49.8 Å². The van der Waals surface area contributed by atoms with Gasteiger partial charge in [0, 0.05) is 30.6 Å². The number of carbonyl (C=O) groups excluding carboxylic acids is 1. The Kier molecular flexibility index (Phi) is 4.24. The molecule has 4 rings (SSSR count). The highest BCUT2D eigenvalue weighted by atomic mass is 16.5. The Hall–Kier alpha value is -2.30. The van der Waals surface area contributed by atoms with Crippen molar-refractivity contribution in [3.05, 3.63) is 47.3 Å². The number of nitrogens with zero attached hydrogens (tertiary/aromatic N) is 2. The number of amides is 1. The van der Waals surface area contributed by atoms with Crippen LogP contribution in [0.5, 0.6) is 5.75 Å². The van der Waals surface area contributed by atoms with Crippen LogP contribution in [-0.4, -0.2) is 41.2 Å². The van der Waals surface area contributed by atoms with Crippen molar-refractivity contribution in [2.24, 2.45) is 5.92 Å². The number of likely N-dealkylation sites (tertiary alicyclic amines) is 1. The summed E-state index contributed by atoms with van der Waals surface area (Å²) < 4.78 is 5.46. The summed E-state index contributed by atoms with van der Waals surface area (Å²) in [7, 11) is 1.69. The highest BCUT2D eigenvalue weighted by Gasteiger charge is 2.47. The average molecular weight is 339 g/mol. The first-order chi connectivity index (χ1) is 12.2. The van der Waals surface area contributed by atoms with Gasteiger partial charge in [-0.25, -0.2) is 0 Å². The highest BCUT2D eigenvalue weighted by molar-refractivity contribution is 5.83. The van der Waals surface area contributed by atoms with E-state index in [9.17, 15) is 4.79 Å². The Morgan fingerprint density at radius 2 is 2.20 bits per heavy atom. The number of hydrogen-bond acceptors (Lipinski definition) is 3. The molecular weight excluding hydrogens is 314 g/mol. The van der Waals surface area contributed by atoms with Gasteiger partial charge < -0.3 is 9.64 Å². The number of H-pyrrole nitrogens is 1. The Morgan fingerprint density at radius 1 is 1.36 bits per heavy atom. The summed E-state index contributed by atoms with van der Waals surface area (Å²) in [5, 5.41) is 7.42. The van der Waals surface area contributed by atoms with Crippen molar-refractivity contribution in [2.75, 3.05) is 20.2 Å². The summed E-state index contributed by atoms with van der Waals surface area (Å²) in [5.41, 5.74) is 3.34.